The number of aryl methyl sites for hydroxylation is 1. The summed E-state index contributed by atoms with van der Waals surface area (Å²) in [6.45, 7) is 2.22. The van der Waals surface area contributed by atoms with Crippen molar-refractivity contribution < 1.29 is 27.9 Å². The van der Waals surface area contributed by atoms with Gasteiger partial charge in [0.05, 0.1) is 17.6 Å². The molecule has 1 aliphatic rings. The summed E-state index contributed by atoms with van der Waals surface area (Å²) in [5, 5.41) is 17.1. The molecule has 3 aromatic rings. The van der Waals surface area contributed by atoms with Crippen molar-refractivity contribution in [2.75, 3.05) is 23.8 Å². The summed E-state index contributed by atoms with van der Waals surface area (Å²) in [6, 6.07) is 8.31. The minimum absolute atomic E-state index is 0.0130. The summed E-state index contributed by atoms with van der Waals surface area (Å²) in [5.74, 6) is -3.19. The Bertz CT molecular complexity index is 1710. The molecule has 13 heteroatoms. The zero-order chi connectivity index (χ0) is 31.8. The molecule has 0 saturated carbocycles. The molecule has 0 fully saturated rings. The molecule has 3 N–H and O–H groups in total. The highest BCUT2D eigenvalue weighted by molar-refractivity contribution is 6.30. The van der Waals surface area contributed by atoms with E-state index in [1.54, 1.807) is 55.3 Å². The molecule has 0 aliphatic carbocycles. The maximum Gasteiger partial charge on any atom is 0.271 e. The number of dihydropyridines is 1. The van der Waals surface area contributed by atoms with E-state index in [1.165, 1.54) is 36.5 Å². The first-order chi connectivity index (χ1) is 21.1. The highest BCUT2D eigenvalue weighted by atomic mass is 19.1. The van der Waals surface area contributed by atoms with Crippen LogP contribution in [0, 0.1) is 17.0 Å². The minimum Gasteiger partial charge on any atom is -0.452 e. The molecule has 2 heterocycles. The zero-order valence-electron chi connectivity index (χ0n) is 24.0. The lowest BCUT2D eigenvalue weighted by molar-refractivity contribution is -0.121. The number of carbonyl (C=O) groups excluding carboxylic acids is 3. The smallest absolute Gasteiger partial charge is 0.271 e. The molecule has 0 saturated heterocycles. The Labute approximate surface area is 251 Å². The molecule has 0 radical (unpaired) electrons. The van der Waals surface area contributed by atoms with E-state index in [-0.39, 0.29) is 29.3 Å². The Morgan fingerprint density at radius 3 is 2.55 bits per heavy atom. The van der Waals surface area contributed by atoms with Crippen LogP contribution < -0.4 is 20.3 Å². The number of nitrogens with zero attached hydrogens (tertiary/aromatic N) is 4. The molecule has 2 aromatic carbocycles. The van der Waals surface area contributed by atoms with Gasteiger partial charge in [-0.3, -0.25) is 19.1 Å². The van der Waals surface area contributed by atoms with E-state index >= 15 is 4.39 Å². The van der Waals surface area contributed by atoms with Crippen LogP contribution in [-0.4, -0.2) is 52.7 Å². The Kier molecular flexibility index (Phi) is 9.81. The molecule has 0 atom stereocenters. The second-order valence-corrected chi connectivity index (χ2v) is 9.48. The number of imide groups is 1. The van der Waals surface area contributed by atoms with Gasteiger partial charge in [-0.05, 0) is 55.5 Å². The third-order valence-corrected chi connectivity index (χ3v) is 6.39. The monoisotopic (exact) mass is 601 g/mol. The fourth-order valence-corrected chi connectivity index (χ4v) is 3.98. The number of amides is 3. The average Bonchev–Trinajstić information content (AvgIpc) is 3.45. The van der Waals surface area contributed by atoms with E-state index in [4.69, 9.17) is 10.1 Å². The summed E-state index contributed by atoms with van der Waals surface area (Å²) >= 11 is 0. The summed E-state index contributed by atoms with van der Waals surface area (Å²) in [7, 11) is 3.40. The van der Waals surface area contributed by atoms with E-state index in [1.807, 2.05) is 0 Å². The normalized spacial score (nSPS) is 13.8. The Morgan fingerprint density at radius 2 is 1.93 bits per heavy atom. The fourth-order valence-electron chi connectivity index (χ4n) is 3.98. The van der Waals surface area contributed by atoms with Crippen molar-refractivity contribution in [2.45, 2.75) is 6.92 Å². The van der Waals surface area contributed by atoms with E-state index < -0.39 is 29.0 Å². The molecule has 1 aliphatic heterocycles. The third kappa shape index (κ3) is 7.31. The van der Waals surface area contributed by atoms with Gasteiger partial charge in [0.25, 0.3) is 11.8 Å². The molecule has 0 unspecified atom stereocenters. The van der Waals surface area contributed by atoms with Gasteiger partial charge in [0, 0.05) is 68.3 Å². The number of hydrogen-bond donors (Lipinski definition) is 3. The van der Waals surface area contributed by atoms with Crippen LogP contribution in [0.5, 0.6) is 5.75 Å². The van der Waals surface area contributed by atoms with Gasteiger partial charge in [-0.2, -0.15) is 5.10 Å². The van der Waals surface area contributed by atoms with Crippen LogP contribution in [0.4, 0.5) is 20.2 Å². The number of rotatable bonds is 11. The maximum absolute atomic E-state index is 15.3. The number of aromatic nitrogens is 2. The SMILES string of the molecule is CCN(C)/C=C(/C(=O)Nc1ccc(OC2=CC(c3cnn(C)c3)=CN/C2=C\C=N)c(F)c1)C(=O)N(C=O)c1ccc(F)cc1. The van der Waals surface area contributed by atoms with Gasteiger partial charge < -0.3 is 25.7 Å². The number of anilines is 2. The number of carbonyl (C=O) groups is 3. The van der Waals surface area contributed by atoms with Crippen molar-refractivity contribution in [3.63, 3.8) is 0 Å². The van der Waals surface area contributed by atoms with Crippen LogP contribution in [-0.2, 0) is 21.4 Å². The van der Waals surface area contributed by atoms with Gasteiger partial charge in [-0.1, -0.05) is 0 Å². The van der Waals surface area contributed by atoms with Gasteiger partial charge in [0.2, 0.25) is 6.41 Å². The number of hydrogen-bond acceptors (Lipinski definition) is 8. The molecule has 1 aromatic heterocycles. The summed E-state index contributed by atoms with van der Waals surface area (Å²) in [6.07, 6.45) is 10.8. The quantitative estimate of drug-likeness (QED) is 0.0991. The van der Waals surface area contributed by atoms with Crippen molar-refractivity contribution in [3.8, 4) is 5.75 Å². The predicted molar refractivity (Wildman–Crippen MR) is 161 cm³/mol. The zero-order valence-corrected chi connectivity index (χ0v) is 24.0. The van der Waals surface area contributed by atoms with Crippen LogP contribution in [0.2, 0.25) is 0 Å². The van der Waals surface area contributed by atoms with E-state index in [0.29, 0.717) is 22.7 Å². The highest BCUT2D eigenvalue weighted by Gasteiger charge is 2.26. The fraction of sp³-hybridized carbons (Fsp3) is 0.129. The number of benzene rings is 2. The first kappa shape index (κ1) is 31.1. The lowest BCUT2D eigenvalue weighted by atomic mass is 10.1. The predicted octanol–water partition coefficient (Wildman–Crippen LogP) is 4.10. The van der Waals surface area contributed by atoms with Crippen LogP contribution in [0.3, 0.4) is 0 Å². The standard InChI is InChI=1S/C31H29F2N7O4/c1-4-38(2)18-25(31(43)40(19-41)24-8-5-22(32)6-9-24)30(42)37-23-7-10-28(26(33)14-23)44-29-13-20(15-35-27(29)11-12-34)21-16-36-39(3)17-21/h5-19,34-35H,4H2,1-3H3,(H,37,42)/b25-18-,27-11-,34-12?. The van der Waals surface area contributed by atoms with Crippen LogP contribution in [0.15, 0.2) is 96.4 Å². The topological polar surface area (TPSA) is 133 Å². The van der Waals surface area contributed by atoms with E-state index in [0.717, 1.165) is 30.0 Å². The second-order valence-electron chi connectivity index (χ2n) is 9.48. The Balaban J connectivity index is 1.57. The Morgan fingerprint density at radius 1 is 1.18 bits per heavy atom. The molecule has 4 rings (SSSR count). The first-order valence-corrected chi connectivity index (χ1v) is 13.3. The van der Waals surface area contributed by atoms with Gasteiger partial charge in [-0.25, -0.2) is 13.7 Å². The molecule has 0 bridgehead atoms. The summed E-state index contributed by atoms with van der Waals surface area (Å²) < 4.78 is 36.1. The largest absolute Gasteiger partial charge is 0.452 e. The summed E-state index contributed by atoms with van der Waals surface area (Å²) in [5.41, 5.74) is 1.57. The van der Waals surface area contributed by atoms with Crippen molar-refractivity contribution >= 4 is 41.4 Å². The van der Waals surface area contributed by atoms with Gasteiger partial charge in [0.1, 0.15) is 11.4 Å². The second kappa shape index (κ2) is 13.9. The number of ether oxygens (including phenoxy) is 1. The lowest BCUT2D eigenvalue weighted by Gasteiger charge is -2.20. The molecular weight excluding hydrogens is 572 g/mol. The Hall–Kier alpha value is -5.85. The average molecular weight is 602 g/mol. The number of allylic oxidation sites excluding steroid dienone is 3. The number of nitrogens with one attached hydrogen (secondary N) is 3. The van der Waals surface area contributed by atoms with Gasteiger partial charge in [0.15, 0.2) is 17.3 Å². The third-order valence-electron chi connectivity index (χ3n) is 6.39. The molecule has 3 amide bonds. The number of halogens is 2. The summed E-state index contributed by atoms with van der Waals surface area (Å²) in [4.78, 5) is 40.6. The molecule has 44 heavy (non-hydrogen) atoms. The minimum atomic E-state index is -0.968. The molecule has 0 spiro atoms. The van der Waals surface area contributed by atoms with E-state index in [9.17, 15) is 18.8 Å². The molecular formula is C31H29F2N7O4. The maximum atomic E-state index is 15.3. The van der Waals surface area contributed by atoms with E-state index in [2.05, 4.69) is 15.7 Å². The van der Waals surface area contributed by atoms with Crippen LogP contribution in [0.25, 0.3) is 5.57 Å². The van der Waals surface area contributed by atoms with Crippen molar-refractivity contribution in [1.82, 2.24) is 20.0 Å². The first-order valence-electron chi connectivity index (χ1n) is 13.3. The van der Waals surface area contributed by atoms with Gasteiger partial charge >= 0.3 is 0 Å². The highest BCUT2D eigenvalue weighted by Crippen LogP contribution is 2.29. The molecule has 226 valence electrons. The van der Waals surface area contributed by atoms with Gasteiger partial charge in [-0.15, -0.1) is 0 Å². The van der Waals surface area contributed by atoms with Crippen molar-refractivity contribution in [3.05, 3.63) is 114 Å². The van der Waals surface area contributed by atoms with Crippen LogP contribution in [0.1, 0.15) is 12.5 Å². The molecule has 11 nitrogen and oxygen atoms in total. The van der Waals surface area contributed by atoms with Crippen molar-refractivity contribution in [2.24, 2.45) is 7.05 Å². The van der Waals surface area contributed by atoms with Crippen molar-refractivity contribution in [1.29, 1.82) is 5.41 Å². The lowest BCUT2D eigenvalue weighted by Crippen LogP contribution is -2.36. The van der Waals surface area contributed by atoms with Crippen LogP contribution >= 0.6 is 0 Å².